The summed E-state index contributed by atoms with van der Waals surface area (Å²) in [6.45, 7) is -0.561. The molecule has 3 amide bonds. The normalized spacial score (nSPS) is 17.7. The van der Waals surface area contributed by atoms with Gasteiger partial charge in [0.1, 0.15) is 18.0 Å². The van der Waals surface area contributed by atoms with Crippen LogP contribution in [-0.2, 0) is 9.59 Å². The molecule has 5 rings (SSSR count). The number of benzene rings is 3. The minimum absolute atomic E-state index is 0.163. The monoisotopic (exact) mass is 572 g/mol. The highest BCUT2D eigenvalue weighted by atomic mass is 35.5. The van der Waals surface area contributed by atoms with E-state index < -0.39 is 47.9 Å². The summed E-state index contributed by atoms with van der Waals surface area (Å²) >= 11 is 5.97. The number of methoxy groups -OCH3 is 1. The van der Waals surface area contributed by atoms with Gasteiger partial charge in [-0.3, -0.25) is 19.2 Å². The average molecular weight is 573 g/mol. The standard InChI is InChI=1S/C31H25ClN2O7/c1-40-24-6-4-5-21(17-24)31(39)41-23-15-11-19(12-16-23)27(35)18-33(28(36)20-9-13-22(32)14-10-20)34-29(37)25-7-2-3-8-26(25)30(34)38/h2-6,9-17,25-26H,7-8,18H2,1H3/t25-,26-/m1/s1. The number of hydrazine groups is 1. The Kier molecular flexibility index (Phi) is 7.98. The van der Waals surface area contributed by atoms with Gasteiger partial charge in [0, 0.05) is 16.1 Å². The Labute approximate surface area is 240 Å². The number of esters is 1. The Morgan fingerprint density at radius 1 is 0.829 bits per heavy atom. The zero-order chi connectivity index (χ0) is 29.1. The van der Waals surface area contributed by atoms with Crippen LogP contribution in [0.15, 0.2) is 84.9 Å². The number of amides is 3. The molecule has 0 N–H and O–H groups in total. The Morgan fingerprint density at radius 3 is 2.05 bits per heavy atom. The second-order valence-electron chi connectivity index (χ2n) is 9.58. The van der Waals surface area contributed by atoms with Gasteiger partial charge in [0.15, 0.2) is 5.78 Å². The summed E-state index contributed by atoms with van der Waals surface area (Å²) in [6, 6.07) is 18.2. The molecular weight excluding hydrogens is 548 g/mol. The van der Waals surface area contributed by atoms with E-state index in [9.17, 15) is 24.0 Å². The quantitative estimate of drug-likeness (QED) is 0.126. The molecule has 2 aliphatic rings. The molecule has 10 heteroatoms. The highest BCUT2D eigenvalue weighted by Crippen LogP contribution is 2.36. The number of carbonyl (C=O) groups is 5. The molecule has 1 aliphatic carbocycles. The van der Waals surface area contributed by atoms with Crippen LogP contribution in [0.25, 0.3) is 0 Å². The van der Waals surface area contributed by atoms with Crippen molar-refractivity contribution in [3.05, 3.63) is 107 Å². The molecule has 1 fully saturated rings. The van der Waals surface area contributed by atoms with Gasteiger partial charge in [0.25, 0.3) is 17.7 Å². The molecule has 0 bridgehead atoms. The highest BCUT2D eigenvalue weighted by Gasteiger charge is 2.51. The van der Waals surface area contributed by atoms with Gasteiger partial charge in [-0.1, -0.05) is 29.8 Å². The van der Waals surface area contributed by atoms with Gasteiger partial charge >= 0.3 is 5.97 Å². The van der Waals surface area contributed by atoms with Gasteiger partial charge < -0.3 is 9.47 Å². The van der Waals surface area contributed by atoms with Crippen molar-refractivity contribution in [1.29, 1.82) is 0 Å². The Balaban J connectivity index is 1.36. The number of imide groups is 1. The Hall–Kier alpha value is -4.76. The van der Waals surface area contributed by atoms with E-state index >= 15 is 0 Å². The second-order valence-corrected chi connectivity index (χ2v) is 10.0. The fourth-order valence-electron chi connectivity index (χ4n) is 4.85. The van der Waals surface area contributed by atoms with E-state index in [1.54, 1.807) is 24.3 Å². The minimum Gasteiger partial charge on any atom is -0.497 e. The number of nitrogens with zero attached hydrogens (tertiary/aromatic N) is 2. The minimum atomic E-state index is -0.688. The summed E-state index contributed by atoms with van der Waals surface area (Å²) in [6.07, 6.45) is 4.46. The summed E-state index contributed by atoms with van der Waals surface area (Å²) in [5.41, 5.74) is 0.644. The third-order valence-corrected chi connectivity index (χ3v) is 7.29. The van der Waals surface area contributed by atoms with Crippen molar-refractivity contribution in [2.45, 2.75) is 12.8 Å². The third kappa shape index (κ3) is 5.76. The molecule has 1 heterocycles. The molecule has 208 valence electrons. The topological polar surface area (TPSA) is 110 Å². The molecule has 0 radical (unpaired) electrons. The van der Waals surface area contributed by atoms with Crippen LogP contribution in [0.5, 0.6) is 11.5 Å². The molecule has 0 saturated carbocycles. The van der Waals surface area contributed by atoms with Crippen LogP contribution in [0.3, 0.4) is 0 Å². The molecule has 0 aromatic heterocycles. The smallest absolute Gasteiger partial charge is 0.343 e. The number of fused-ring (bicyclic) bond motifs is 1. The number of allylic oxidation sites excluding steroid dienone is 2. The maximum Gasteiger partial charge on any atom is 0.343 e. The first-order valence-electron chi connectivity index (χ1n) is 12.9. The Bertz CT molecular complexity index is 1520. The van der Waals surface area contributed by atoms with E-state index in [4.69, 9.17) is 21.1 Å². The van der Waals surface area contributed by atoms with E-state index in [0.717, 1.165) is 10.0 Å². The number of rotatable bonds is 8. The lowest BCUT2D eigenvalue weighted by molar-refractivity contribution is -0.154. The zero-order valence-corrected chi connectivity index (χ0v) is 22.7. The van der Waals surface area contributed by atoms with Crippen LogP contribution in [0, 0.1) is 11.8 Å². The van der Waals surface area contributed by atoms with E-state index in [-0.39, 0.29) is 22.4 Å². The number of Topliss-reactive ketones (excluding diaryl/α,β-unsaturated/α-hetero) is 1. The first-order valence-corrected chi connectivity index (χ1v) is 13.2. The molecule has 0 spiro atoms. The maximum atomic E-state index is 13.6. The number of hydrogen-bond donors (Lipinski definition) is 0. The van der Waals surface area contributed by atoms with Gasteiger partial charge in [0.05, 0.1) is 24.5 Å². The van der Waals surface area contributed by atoms with Gasteiger partial charge in [-0.25, -0.2) is 9.80 Å². The number of halogens is 1. The van der Waals surface area contributed by atoms with E-state index in [1.165, 1.54) is 55.6 Å². The summed E-state index contributed by atoms with van der Waals surface area (Å²) in [5, 5.41) is 2.13. The molecule has 2 atom stereocenters. The molecule has 1 aliphatic heterocycles. The molecule has 0 unspecified atom stereocenters. The lowest BCUT2D eigenvalue weighted by atomic mass is 9.85. The first kappa shape index (κ1) is 27.8. The number of ether oxygens (including phenoxy) is 2. The highest BCUT2D eigenvalue weighted by molar-refractivity contribution is 6.30. The molecule has 9 nitrogen and oxygen atoms in total. The molecule has 1 saturated heterocycles. The van der Waals surface area contributed by atoms with E-state index in [0.29, 0.717) is 23.6 Å². The molecule has 3 aromatic rings. The predicted molar refractivity (Wildman–Crippen MR) is 148 cm³/mol. The number of ketones is 1. The predicted octanol–water partition coefficient (Wildman–Crippen LogP) is 4.76. The van der Waals surface area contributed by atoms with Crippen molar-refractivity contribution in [2.75, 3.05) is 13.7 Å². The van der Waals surface area contributed by atoms with Gasteiger partial charge in [0.2, 0.25) is 0 Å². The number of hydrogen-bond acceptors (Lipinski definition) is 7. The van der Waals surface area contributed by atoms with Gasteiger partial charge in [-0.2, -0.15) is 5.01 Å². The van der Waals surface area contributed by atoms with Crippen molar-refractivity contribution < 1.29 is 33.4 Å². The Morgan fingerprint density at radius 2 is 1.44 bits per heavy atom. The van der Waals surface area contributed by atoms with Crippen LogP contribution in [0.1, 0.15) is 43.9 Å². The van der Waals surface area contributed by atoms with Crippen molar-refractivity contribution in [3.63, 3.8) is 0 Å². The summed E-state index contributed by atoms with van der Waals surface area (Å²) < 4.78 is 10.5. The molecule has 3 aromatic carbocycles. The van der Waals surface area contributed by atoms with E-state index in [1.807, 2.05) is 12.2 Å². The zero-order valence-electron chi connectivity index (χ0n) is 22.0. The third-order valence-electron chi connectivity index (χ3n) is 7.04. The largest absolute Gasteiger partial charge is 0.497 e. The lowest BCUT2D eigenvalue weighted by Crippen LogP contribution is -2.52. The van der Waals surface area contributed by atoms with Crippen LogP contribution < -0.4 is 9.47 Å². The van der Waals surface area contributed by atoms with Gasteiger partial charge in [-0.15, -0.1) is 0 Å². The summed E-state index contributed by atoms with van der Waals surface area (Å²) in [5.74, 6) is -3.31. The van der Waals surface area contributed by atoms with Crippen molar-refractivity contribution >= 4 is 41.1 Å². The van der Waals surface area contributed by atoms with Gasteiger partial charge in [-0.05, 0) is 79.6 Å². The first-order chi connectivity index (χ1) is 19.8. The SMILES string of the molecule is COc1cccc(C(=O)Oc2ccc(C(=O)CN(C(=O)c3ccc(Cl)cc3)N3C(=O)[C@@H]4CC=CC[C@H]4C3=O)cc2)c1. The van der Waals surface area contributed by atoms with E-state index in [2.05, 4.69) is 0 Å². The van der Waals surface area contributed by atoms with Crippen molar-refractivity contribution in [2.24, 2.45) is 11.8 Å². The van der Waals surface area contributed by atoms with Crippen LogP contribution in [0.2, 0.25) is 5.02 Å². The van der Waals surface area contributed by atoms with Crippen molar-refractivity contribution in [3.8, 4) is 11.5 Å². The second kappa shape index (κ2) is 11.8. The molecule has 41 heavy (non-hydrogen) atoms. The van der Waals surface area contributed by atoms with Crippen LogP contribution in [-0.4, -0.2) is 53.1 Å². The number of carbonyl (C=O) groups excluding carboxylic acids is 5. The van der Waals surface area contributed by atoms with Crippen LogP contribution >= 0.6 is 11.6 Å². The fourth-order valence-corrected chi connectivity index (χ4v) is 4.97. The fraction of sp³-hybridized carbons (Fsp3) is 0.194. The maximum absolute atomic E-state index is 13.6. The van der Waals surface area contributed by atoms with Crippen molar-refractivity contribution in [1.82, 2.24) is 10.0 Å². The summed E-state index contributed by atoms with van der Waals surface area (Å²) in [4.78, 5) is 66.0. The van der Waals surface area contributed by atoms with Crippen LogP contribution in [0.4, 0.5) is 0 Å². The average Bonchev–Trinajstić information content (AvgIpc) is 3.25. The molecular formula is C31H25ClN2O7. The lowest BCUT2D eigenvalue weighted by Gasteiger charge is -2.30. The summed E-state index contributed by atoms with van der Waals surface area (Å²) in [7, 11) is 1.49.